The van der Waals surface area contributed by atoms with Crippen molar-refractivity contribution in [2.75, 3.05) is 6.54 Å². The molecule has 0 radical (unpaired) electrons. The summed E-state index contributed by atoms with van der Waals surface area (Å²) in [6.07, 6.45) is -1.61. The maximum absolute atomic E-state index is 14.4. The highest BCUT2D eigenvalue weighted by Gasteiger charge is 2.37. The van der Waals surface area contributed by atoms with Gasteiger partial charge in [0.05, 0.1) is 12.5 Å². The smallest absolute Gasteiger partial charge is 0.326 e. The molecule has 2 rings (SSSR count). The number of aliphatic carboxylic acids is 2. The topological polar surface area (TPSA) is 441 Å². The standard InChI is InChI=1S/C56H87N13O13/c1-9-33(8)46(54(80)67-41(28-35-19-14-11-15-20-35)53(79)68-45(32(6)7)55(81)82)69-49(75)37(21-16-24-61-56(59)60)62-52(78)42(29-44(71)72)66-48(74)38(22-23-43(58)70)63-50(76)40(26-31(4)5)65-51(77)39(25-30(2)3)64-47(73)36(57)27-34-17-12-10-13-18-34/h10-15,17-20,30-33,36-42,45-46H,9,16,21-29,57H2,1-8H3,(H2,58,70)(H,62,78)(H,63,76)(H,64,73)(H,65,77)(H,66,74)(H,67,80)(H,68,79)(H,69,75)(H,71,72)(H,81,82)(H4,59,60,61)/t33-,36-,37-,38-,39-,40-,41-,42-,45-,46-/m0/s1. The number of carbonyl (C=O) groups is 11. The molecule has 0 saturated heterocycles. The molecule has 26 nitrogen and oxygen atoms in total. The monoisotopic (exact) mass is 1150 g/mol. The molecular weight excluding hydrogens is 1060 g/mol. The number of benzene rings is 2. The van der Waals surface area contributed by atoms with Gasteiger partial charge in [-0.25, -0.2) is 4.79 Å². The molecule has 0 aliphatic heterocycles. The van der Waals surface area contributed by atoms with Crippen molar-refractivity contribution >= 4 is 71.1 Å². The van der Waals surface area contributed by atoms with Crippen LogP contribution in [0.15, 0.2) is 65.7 Å². The molecule has 2 aromatic carbocycles. The molecule has 0 bridgehead atoms. The SMILES string of the molecule is CC[C@H](C)[C@H](NC(=O)[C@H](CCCN=C(N)N)NC(=O)[C@H](CC(=O)O)NC(=O)[C@H](CCC(N)=O)NC(=O)[C@H](CC(C)C)NC(=O)[C@H](CC(C)C)NC(=O)[C@@H](N)Cc1ccccc1)C(=O)N[C@@H](Cc1ccccc1)C(=O)N[C@H](C(=O)O)C(C)C. The van der Waals surface area contributed by atoms with Crippen molar-refractivity contribution in [2.24, 2.45) is 51.6 Å². The number of carboxylic acids is 2. The average Bonchev–Trinajstić information content (AvgIpc) is 3.48. The summed E-state index contributed by atoms with van der Waals surface area (Å²) in [6, 6.07) is 4.91. The number of aliphatic imine (C=N–C) groups is 1. The summed E-state index contributed by atoms with van der Waals surface area (Å²) in [5, 5.41) is 40.3. The minimum absolute atomic E-state index is 0.0168. The number of amides is 9. The van der Waals surface area contributed by atoms with Gasteiger partial charge in [-0.2, -0.15) is 0 Å². The van der Waals surface area contributed by atoms with Gasteiger partial charge in [0.25, 0.3) is 0 Å². The Kier molecular flexibility index (Phi) is 30.3. The first-order valence-electron chi connectivity index (χ1n) is 27.6. The van der Waals surface area contributed by atoms with E-state index in [4.69, 9.17) is 22.9 Å². The predicted molar refractivity (Wildman–Crippen MR) is 305 cm³/mol. The fraction of sp³-hybridized carbons (Fsp3) is 0.571. The van der Waals surface area contributed by atoms with Crippen LogP contribution in [0.5, 0.6) is 0 Å². The van der Waals surface area contributed by atoms with Crippen LogP contribution in [0.25, 0.3) is 0 Å². The zero-order valence-electron chi connectivity index (χ0n) is 48.2. The number of carboxylic acid groups (broad SMARTS) is 2. The zero-order chi connectivity index (χ0) is 61.8. The van der Waals surface area contributed by atoms with Crippen LogP contribution in [0.4, 0.5) is 0 Å². The number of guanidine groups is 1. The fourth-order valence-electron chi connectivity index (χ4n) is 8.49. The number of nitrogens with one attached hydrogen (secondary N) is 8. The third-order valence-corrected chi connectivity index (χ3v) is 13.2. The van der Waals surface area contributed by atoms with Gasteiger partial charge < -0.3 is 75.7 Å². The summed E-state index contributed by atoms with van der Waals surface area (Å²) in [6.45, 7) is 13.7. The van der Waals surface area contributed by atoms with E-state index in [2.05, 4.69) is 47.5 Å². The summed E-state index contributed by atoms with van der Waals surface area (Å²) in [5.41, 5.74) is 24.1. The Labute approximate surface area is 479 Å². The van der Waals surface area contributed by atoms with Gasteiger partial charge in [-0.05, 0) is 73.3 Å². The summed E-state index contributed by atoms with van der Waals surface area (Å²) in [7, 11) is 0. The van der Waals surface area contributed by atoms with Crippen molar-refractivity contribution in [1.29, 1.82) is 0 Å². The second kappa shape index (κ2) is 35.5. The number of rotatable bonds is 37. The number of primary amides is 1. The molecule has 0 heterocycles. The highest BCUT2D eigenvalue weighted by atomic mass is 16.4. The van der Waals surface area contributed by atoms with Crippen LogP contribution in [0.1, 0.15) is 118 Å². The van der Waals surface area contributed by atoms with E-state index in [1.807, 2.05) is 19.9 Å². The maximum Gasteiger partial charge on any atom is 0.326 e. The molecule has 2 aromatic rings. The second-order valence-corrected chi connectivity index (χ2v) is 21.6. The molecule has 9 amide bonds. The molecule has 82 heavy (non-hydrogen) atoms. The lowest BCUT2D eigenvalue weighted by molar-refractivity contribution is -0.143. The maximum atomic E-state index is 14.4. The van der Waals surface area contributed by atoms with E-state index in [9.17, 15) is 63.0 Å². The quantitative estimate of drug-likeness (QED) is 0.0227. The normalized spacial score (nSPS) is 14.8. The molecule has 0 fully saturated rings. The lowest BCUT2D eigenvalue weighted by atomic mass is 9.96. The van der Waals surface area contributed by atoms with E-state index in [1.54, 1.807) is 96.1 Å². The summed E-state index contributed by atoms with van der Waals surface area (Å²) in [5.74, 6) is -12.8. The van der Waals surface area contributed by atoms with Crippen molar-refractivity contribution < 1.29 is 63.0 Å². The van der Waals surface area contributed by atoms with E-state index >= 15 is 0 Å². The average molecular weight is 1150 g/mol. The Morgan fingerprint density at radius 3 is 1.38 bits per heavy atom. The second-order valence-electron chi connectivity index (χ2n) is 21.6. The largest absolute Gasteiger partial charge is 0.481 e. The van der Waals surface area contributed by atoms with Crippen molar-refractivity contribution in [3.05, 3.63) is 71.8 Å². The first-order valence-corrected chi connectivity index (χ1v) is 27.6. The third kappa shape index (κ3) is 26.0. The van der Waals surface area contributed by atoms with Gasteiger partial charge in [-0.1, -0.05) is 122 Å². The zero-order valence-corrected chi connectivity index (χ0v) is 48.2. The van der Waals surface area contributed by atoms with Crippen LogP contribution in [0.2, 0.25) is 0 Å². The first-order chi connectivity index (χ1) is 38.5. The van der Waals surface area contributed by atoms with Gasteiger partial charge in [0.2, 0.25) is 53.2 Å². The Hall–Kier alpha value is -8.16. The summed E-state index contributed by atoms with van der Waals surface area (Å²) < 4.78 is 0. The Bertz CT molecular complexity index is 2490. The van der Waals surface area contributed by atoms with Crippen molar-refractivity contribution in [3.63, 3.8) is 0 Å². The van der Waals surface area contributed by atoms with Crippen molar-refractivity contribution in [2.45, 2.75) is 174 Å². The highest BCUT2D eigenvalue weighted by Crippen LogP contribution is 2.15. The molecule has 0 spiro atoms. The molecule has 10 atom stereocenters. The molecule has 18 N–H and O–H groups in total. The number of hydrogen-bond donors (Lipinski definition) is 14. The molecule has 26 heteroatoms. The van der Waals surface area contributed by atoms with E-state index in [-0.39, 0.29) is 62.9 Å². The molecule has 0 unspecified atom stereocenters. The molecular formula is C56H87N13O13. The first kappa shape index (κ1) is 69.9. The fourth-order valence-corrected chi connectivity index (χ4v) is 8.49. The lowest BCUT2D eigenvalue weighted by Crippen LogP contribution is -2.61. The van der Waals surface area contributed by atoms with Gasteiger partial charge in [-0.15, -0.1) is 0 Å². The molecule has 0 aliphatic rings. The van der Waals surface area contributed by atoms with Gasteiger partial charge in [0.15, 0.2) is 5.96 Å². The molecule has 0 aromatic heterocycles. The van der Waals surface area contributed by atoms with Crippen LogP contribution in [-0.2, 0) is 65.6 Å². The Balaban J connectivity index is 2.49. The van der Waals surface area contributed by atoms with Crippen LogP contribution in [0, 0.1) is 23.7 Å². The lowest BCUT2D eigenvalue weighted by Gasteiger charge is -2.30. The molecule has 0 saturated carbocycles. The van der Waals surface area contributed by atoms with E-state index in [0.717, 1.165) is 5.56 Å². The van der Waals surface area contributed by atoms with Gasteiger partial charge in [0, 0.05) is 19.4 Å². The minimum atomic E-state index is -1.95. The van der Waals surface area contributed by atoms with Gasteiger partial charge in [-0.3, -0.25) is 52.9 Å². The van der Waals surface area contributed by atoms with Crippen LogP contribution >= 0.6 is 0 Å². The number of carbonyl (C=O) groups excluding carboxylic acids is 9. The number of nitrogens with zero attached hydrogens (tertiary/aromatic N) is 1. The third-order valence-electron chi connectivity index (χ3n) is 13.2. The van der Waals surface area contributed by atoms with E-state index < -0.39 is 151 Å². The van der Waals surface area contributed by atoms with Crippen LogP contribution < -0.4 is 65.5 Å². The minimum Gasteiger partial charge on any atom is -0.481 e. The van der Waals surface area contributed by atoms with Gasteiger partial charge >= 0.3 is 11.9 Å². The molecule has 454 valence electrons. The summed E-state index contributed by atoms with van der Waals surface area (Å²) >= 11 is 0. The predicted octanol–water partition coefficient (Wildman–Crippen LogP) is -0.650. The van der Waals surface area contributed by atoms with E-state index in [1.165, 1.54) is 0 Å². The van der Waals surface area contributed by atoms with Crippen molar-refractivity contribution in [1.82, 2.24) is 42.5 Å². The van der Waals surface area contributed by atoms with Crippen molar-refractivity contribution in [3.8, 4) is 0 Å². The van der Waals surface area contributed by atoms with Crippen LogP contribution in [-0.4, -0.2) is 142 Å². The van der Waals surface area contributed by atoms with Gasteiger partial charge in [0.1, 0.15) is 48.3 Å². The molecule has 0 aliphatic carbocycles. The number of hydrogen-bond acceptors (Lipinski definition) is 13. The van der Waals surface area contributed by atoms with E-state index in [0.29, 0.717) is 12.0 Å². The van der Waals surface area contributed by atoms with Crippen LogP contribution in [0.3, 0.4) is 0 Å². The highest BCUT2D eigenvalue weighted by molar-refractivity contribution is 5.99. The Morgan fingerprint density at radius 1 is 0.500 bits per heavy atom. The summed E-state index contributed by atoms with van der Waals surface area (Å²) in [4.78, 5) is 153. The Morgan fingerprint density at radius 2 is 0.915 bits per heavy atom. The number of nitrogens with two attached hydrogens (primary N) is 4.